The standard InChI is InChI=1S/C9H13ClN2O3S/c1-15-9-3-2-7(10)6-8(9)12-16(13,14)5-4-11/h2-3,6,12H,4-5,11H2,1H3. The Balaban J connectivity index is 3.00. The van der Waals surface area contributed by atoms with Crippen LogP contribution in [0.1, 0.15) is 0 Å². The second kappa shape index (κ2) is 5.38. The number of nitrogens with two attached hydrogens (primary N) is 1. The lowest BCUT2D eigenvalue weighted by molar-refractivity contribution is 0.417. The number of hydrogen-bond acceptors (Lipinski definition) is 4. The molecular weight excluding hydrogens is 252 g/mol. The first-order chi connectivity index (χ1) is 7.48. The van der Waals surface area contributed by atoms with Gasteiger partial charge < -0.3 is 10.5 Å². The molecule has 0 bridgehead atoms. The molecule has 0 amide bonds. The van der Waals surface area contributed by atoms with Gasteiger partial charge in [-0.2, -0.15) is 0 Å². The van der Waals surface area contributed by atoms with Crippen molar-refractivity contribution in [2.24, 2.45) is 5.73 Å². The van der Waals surface area contributed by atoms with Gasteiger partial charge in [0.25, 0.3) is 0 Å². The predicted octanol–water partition coefficient (Wildman–Crippen LogP) is 1.05. The number of benzene rings is 1. The zero-order valence-corrected chi connectivity index (χ0v) is 10.3. The van der Waals surface area contributed by atoms with E-state index in [1.165, 1.54) is 13.2 Å². The molecule has 5 nitrogen and oxygen atoms in total. The summed E-state index contributed by atoms with van der Waals surface area (Å²) in [6.07, 6.45) is 0. The summed E-state index contributed by atoms with van der Waals surface area (Å²) in [6, 6.07) is 4.68. The first-order valence-electron chi connectivity index (χ1n) is 4.52. The van der Waals surface area contributed by atoms with Crippen LogP contribution in [-0.2, 0) is 10.0 Å². The smallest absolute Gasteiger partial charge is 0.234 e. The van der Waals surface area contributed by atoms with Crippen molar-refractivity contribution in [3.63, 3.8) is 0 Å². The highest BCUT2D eigenvalue weighted by molar-refractivity contribution is 7.92. The number of halogens is 1. The van der Waals surface area contributed by atoms with E-state index in [4.69, 9.17) is 22.1 Å². The molecule has 0 saturated carbocycles. The van der Waals surface area contributed by atoms with Gasteiger partial charge >= 0.3 is 0 Å². The van der Waals surface area contributed by atoms with Gasteiger partial charge in [-0.25, -0.2) is 8.42 Å². The molecule has 0 unspecified atom stereocenters. The van der Waals surface area contributed by atoms with Gasteiger partial charge in [0.1, 0.15) is 5.75 Å². The number of methoxy groups -OCH3 is 1. The van der Waals surface area contributed by atoms with Crippen LogP contribution in [0.25, 0.3) is 0 Å². The van der Waals surface area contributed by atoms with Gasteiger partial charge in [-0.1, -0.05) is 11.6 Å². The Morgan fingerprint density at radius 3 is 2.75 bits per heavy atom. The quantitative estimate of drug-likeness (QED) is 0.833. The summed E-state index contributed by atoms with van der Waals surface area (Å²) in [5.41, 5.74) is 5.50. The molecule has 0 spiro atoms. The van der Waals surface area contributed by atoms with Crippen LogP contribution in [0, 0.1) is 0 Å². The van der Waals surface area contributed by atoms with Gasteiger partial charge in [0.2, 0.25) is 10.0 Å². The Hall–Kier alpha value is -0.980. The highest BCUT2D eigenvalue weighted by atomic mass is 35.5. The summed E-state index contributed by atoms with van der Waals surface area (Å²) in [5.74, 6) is 0.257. The van der Waals surface area contributed by atoms with Crippen molar-refractivity contribution < 1.29 is 13.2 Å². The maximum Gasteiger partial charge on any atom is 0.234 e. The van der Waals surface area contributed by atoms with Crippen LogP contribution >= 0.6 is 11.6 Å². The largest absolute Gasteiger partial charge is 0.495 e. The molecule has 0 aliphatic carbocycles. The van der Waals surface area contributed by atoms with Crippen molar-refractivity contribution in [2.75, 3.05) is 24.1 Å². The predicted molar refractivity (Wildman–Crippen MR) is 64.5 cm³/mol. The average Bonchev–Trinajstić information content (AvgIpc) is 2.17. The normalized spacial score (nSPS) is 11.2. The SMILES string of the molecule is COc1ccc(Cl)cc1NS(=O)(=O)CCN. The molecule has 0 atom stereocenters. The van der Waals surface area contributed by atoms with Gasteiger partial charge in [0.15, 0.2) is 0 Å². The van der Waals surface area contributed by atoms with Crippen LogP contribution in [0.3, 0.4) is 0 Å². The second-order valence-electron chi connectivity index (χ2n) is 3.05. The van der Waals surface area contributed by atoms with Crippen molar-refractivity contribution in [2.45, 2.75) is 0 Å². The number of ether oxygens (including phenoxy) is 1. The van der Waals surface area contributed by atoms with Crippen LogP contribution < -0.4 is 15.2 Å². The van der Waals surface area contributed by atoms with Crippen LogP contribution in [-0.4, -0.2) is 27.8 Å². The van der Waals surface area contributed by atoms with Crippen LogP contribution in [0.15, 0.2) is 18.2 Å². The third kappa shape index (κ3) is 3.55. The first-order valence-corrected chi connectivity index (χ1v) is 6.55. The summed E-state index contributed by atoms with van der Waals surface area (Å²) in [4.78, 5) is 0. The molecule has 0 aliphatic rings. The summed E-state index contributed by atoms with van der Waals surface area (Å²) >= 11 is 5.76. The number of anilines is 1. The van der Waals surface area contributed by atoms with Gasteiger partial charge in [-0.05, 0) is 18.2 Å². The molecule has 0 saturated heterocycles. The minimum Gasteiger partial charge on any atom is -0.495 e. The Labute approximate surface area is 99.6 Å². The number of sulfonamides is 1. The number of nitrogens with one attached hydrogen (secondary N) is 1. The van der Waals surface area contributed by atoms with E-state index in [9.17, 15) is 8.42 Å². The molecule has 1 aromatic rings. The molecule has 0 radical (unpaired) electrons. The number of hydrogen-bond donors (Lipinski definition) is 2. The molecule has 7 heteroatoms. The fraction of sp³-hybridized carbons (Fsp3) is 0.333. The van der Waals surface area contributed by atoms with E-state index < -0.39 is 10.0 Å². The minimum absolute atomic E-state index is 0.0538. The molecule has 90 valence electrons. The number of rotatable bonds is 5. The van der Waals surface area contributed by atoms with Crippen LogP contribution in [0.5, 0.6) is 5.75 Å². The van der Waals surface area contributed by atoms with Gasteiger partial charge in [0.05, 0.1) is 18.6 Å². The summed E-state index contributed by atoms with van der Waals surface area (Å²) < 4.78 is 30.3. The van der Waals surface area contributed by atoms with Crippen molar-refractivity contribution in [1.29, 1.82) is 0 Å². The summed E-state index contributed by atoms with van der Waals surface area (Å²) in [6.45, 7) is 0.0538. The lowest BCUT2D eigenvalue weighted by Crippen LogP contribution is -2.22. The third-order valence-electron chi connectivity index (χ3n) is 1.81. The first kappa shape index (κ1) is 13.1. The van der Waals surface area contributed by atoms with Gasteiger partial charge in [-0.15, -0.1) is 0 Å². The van der Waals surface area contributed by atoms with E-state index in [1.807, 2.05) is 0 Å². The lowest BCUT2D eigenvalue weighted by Gasteiger charge is -2.11. The molecule has 1 rings (SSSR count). The maximum absolute atomic E-state index is 11.5. The van der Waals surface area contributed by atoms with Crippen molar-refractivity contribution in [3.8, 4) is 5.75 Å². The molecule has 0 aliphatic heterocycles. The second-order valence-corrected chi connectivity index (χ2v) is 5.33. The zero-order valence-electron chi connectivity index (χ0n) is 8.73. The molecule has 0 heterocycles. The van der Waals surface area contributed by atoms with E-state index in [0.29, 0.717) is 16.5 Å². The van der Waals surface area contributed by atoms with Gasteiger partial charge in [-0.3, -0.25) is 4.72 Å². The molecule has 16 heavy (non-hydrogen) atoms. The van der Waals surface area contributed by atoms with Crippen LogP contribution in [0.2, 0.25) is 5.02 Å². The summed E-state index contributed by atoms with van der Waals surface area (Å²) in [5, 5.41) is 0.422. The van der Waals surface area contributed by atoms with E-state index in [2.05, 4.69) is 4.72 Å². The monoisotopic (exact) mass is 264 g/mol. The van der Waals surface area contributed by atoms with Crippen molar-refractivity contribution >= 4 is 27.3 Å². The third-order valence-corrected chi connectivity index (χ3v) is 3.35. The zero-order chi connectivity index (χ0) is 12.2. The molecule has 0 aromatic heterocycles. The van der Waals surface area contributed by atoms with Crippen molar-refractivity contribution in [1.82, 2.24) is 0 Å². The van der Waals surface area contributed by atoms with E-state index >= 15 is 0 Å². The molecule has 0 fully saturated rings. The molecular formula is C9H13ClN2O3S. The lowest BCUT2D eigenvalue weighted by atomic mass is 10.3. The van der Waals surface area contributed by atoms with E-state index in [-0.39, 0.29) is 12.3 Å². The molecule has 1 aromatic carbocycles. The summed E-state index contributed by atoms with van der Waals surface area (Å²) in [7, 11) is -2.00. The minimum atomic E-state index is -3.45. The van der Waals surface area contributed by atoms with Crippen LogP contribution in [0.4, 0.5) is 5.69 Å². The average molecular weight is 265 g/mol. The Kier molecular flexibility index (Phi) is 4.40. The Bertz CT molecular complexity index is 462. The fourth-order valence-corrected chi connectivity index (χ4v) is 2.21. The van der Waals surface area contributed by atoms with E-state index in [1.54, 1.807) is 12.1 Å². The highest BCUT2D eigenvalue weighted by Crippen LogP contribution is 2.28. The fourth-order valence-electron chi connectivity index (χ4n) is 1.13. The molecule has 3 N–H and O–H groups in total. The highest BCUT2D eigenvalue weighted by Gasteiger charge is 2.12. The van der Waals surface area contributed by atoms with Gasteiger partial charge in [0, 0.05) is 11.6 Å². The maximum atomic E-state index is 11.5. The van der Waals surface area contributed by atoms with Crippen molar-refractivity contribution in [3.05, 3.63) is 23.2 Å². The Morgan fingerprint density at radius 1 is 1.50 bits per heavy atom. The topological polar surface area (TPSA) is 81.4 Å². The Morgan fingerprint density at radius 2 is 2.19 bits per heavy atom. The van der Waals surface area contributed by atoms with E-state index in [0.717, 1.165) is 0 Å².